The van der Waals surface area contributed by atoms with Gasteiger partial charge in [-0.1, -0.05) is 12.1 Å². The van der Waals surface area contributed by atoms with Crippen molar-refractivity contribution in [1.29, 1.82) is 0 Å². The summed E-state index contributed by atoms with van der Waals surface area (Å²) in [4.78, 5) is 0. The van der Waals surface area contributed by atoms with Gasteiger partial charge in [-0.25, -0.2) is 0 Å². The van der Waals surface area contributed by atoms with Gasteiger partial charge >= 0.3 is 0 Å². The first kappa shape index (κ1) is 5.89. The van der Waals surface area contributed by atoms with Crippen LogP contribution in [0.4, 0.5) is 0 Å². The molecule has 2 heterocycles. The summed E-state index contributed by atoms with van der Waals surface area (Å²) in [6.07, 6.45) is 5.64. The predicted molar refractivity (Wildman–Crippen MR) is 47.9 cm³/mol. The lowest BCUT2D eigenvalue weighted by Crippen LogP contribution is -1.94. The second-order valence-corrected chi connectivity index (χ2v) is 2.82. The Bertz CT molecular complexity index is 468. The van der Waals surface area contributed by atoms with Crippen molar-refractivity contribution in [2.45, 2.75) is 0 Å². The van der Waals surface area contributed by atoms with Crippen molar-refractivity contribution < 1.29 is 4.74 Å². The number of hydrogen-bond acceptors (Lipinski definition) is 1. The smallest absolute Gasteiger partial charge is 0.151 e. The van der Waals surface area contributed by atoms with Crippen molar-refractivity contribution in [2.24, 2.45) is 0 Å². The van der Waals surface area contributed by atoms with Crippen molar-refractivity contribution in [3.63, 3.8) is 0 Å². The average molecular weight is 157 g/mol. The molecule has 0 N–H and O–H groups in total. The number of nitrogens with zero attached hydrogens (tertiary/aromatic N) is 1. The van der Waals surface area contributed by atoms with E-state index in [0.29, 0.717) is 0 Å². The van der Waals surface area contributed by atoms with Gasteiger partial charge in [-0.2, -0.15) is 0 Å². The maximum absolute atomic E-state index is 5.35. The van der Waals surface area contributed by atoms with Crippen LogP contribution in [0, 0.1) is 0 Å². The van der Waals surface area contributed by atoms with Gasteiger partial charge in [0.2, 0.25) is 0 Å². The molecule has 0 radical (unpaired) electrons. The number of rotatable bonds is 0. The number of aromatic nitrogens is 1. The maximum Gasteiger partial charge on any atom is 0.151 e. The highest BCUT2D eigenvalue weighted by Crippen LogP contribution is 2.29. The fourth-order valence-electron chi connectivity index (χ4n) is 1.57. The molecule has 2 aromatic rings. The van der Waals surface area contributed by atoms with Gasteiger partial charge < -0.3 is 9.30 Å². The second kappa shape index (κ2) is 1.91. The molecule has 0 saturated carbocycles. The van der Waals surface area contributed by atoms with E-state index in [4.69, 9.17) is 4.74 Å². The monoisotopic (exact) mass is 157 g/mol. The Kier molecular flexibility index (Phi) is 0.939. The first-order valence-corrected chi connectivity index (χ1v) is 3.88. The Balaban J connectivity index is 2.57. The minimum Gasteiger partial charge on any atom is -0.461 e. The molecule has 1 aliphatic heterocycles. The molecule has 12 heavy (non-hydrogen) atoms. The molecule has 0 aliphatic carbocycles. The molecule has 0 bridgehead atoms. The van der Waals surface area contributed by atoms with Gasteiger partial charge in [-0.15, -0.1) is 0 Å². The predicted octanol–water partition coefficient (Wildman–Crippen LogP) is 2.46. The van der Waals surface area contributed by atoms with E-state index >= 15 is 0 Å². The zero-order chi connectivity index (χ0) is 7.97. The van der Waals surface area contributed by atoms with Crippen molar-refractivity contribution in [3.05, 3.63) is 36.7 Å². The van der Waals surface area contributed by atoms with E-state index in [2.05, 4.69) is 16.7 Å². The summed E-state index contributed by atoms with van der Waals surface area (Å²) in [6, 6.07) is 8.14. The number of ether oxygens (including phenoxy) is 1. The van der Waals surface area contributed by atoms with Gasteiger partial charge in [0.05, 0.1) is 5.52 Å². The third-order valence-corrected chi connectivity index (χ3v) is 2.12. The Morgan fingerprint density at radius 2 is 2.17 bits per heavy atom. The minimum absolute atomic E-state index is 0.931. The van der Waals surface area contributed by atoms with Crippen molar-refractivity contribution in [1.82, 2.24) is 4.57 Å². The van der Waals surface area contributed by atoms with Crippen LogP contribution >= 0.6 is 0 Å². The summed E-state index contributed by atoms with van der Waals surface area (Å²) in [7, 11) is 0. The van der Waals surface area contributed by atoms with Gasteiger partial charge in [0, 0.05) is 17.8 Å². The minimum atomic E-state index is 0.931. The third kappa shape index (κ3) is 0.593. The molecule has 2 nitrogen and oxygen atoms in total. The van der Waals surface area contributed by atoms with Crippen LogP contribution in [0.1, 0.15) is 0 Å². The topological polar surface area (TPSA) is 14.2 Å². The molecule has 1 aliphatic rings. The van der Waals surface area contributed by atoms with Crippen LogP contribution in [-0.2, 0) is 0 Å². The summed E-state index contributed by atoms with van der Waals surface area (Å²) in [5.74, 6) is 0.931. The summed E-state index contributed by atoms with van der Waals surface area (Å²) in [6.45, 7) is 0. The van der Waals surface area contributed by atoms with Crippen LogP contribution in [-0.4, -0.2) is 4.57 Å². The molecule has 2 heteroatoms. The van der Waals surface area contributed by atoms with Gasteiger partial charge in [0.25, 0.3) is 0 Å². The molecule has 0 fully saturated rings. The first-order valence-electron chi connectivity index (χ1n) is 3.88. The molecule has 3 rings (SSSR count). The number of para-hydroxylation sites is 1. The summed E-state index contributed by atoms with van der Waals surface area (Å²) in [5, 5.41) is 1.22. The van der Waals surface area contributed by atoms with Gasteiger partial charge in [0.15, 0.2) is 5.75 Å². The Hall–Kier alpha value is -1.70. The van der Waals surface area contributed by atoms with E-state index in [1.54, 1.807) is 6.26 Å². The molecule has 1 aromatic heterocycles. The SMILES string of the molecule is C1=Cn2ccc3cccc(c32)O1. The Labute approximate surface area is 69.7 Å². The highest BCUT2D eigenvalue weighted by atomic mass is 16.5. The van der Waals surface area contributed by atoms with Crippen LogP contribution in [0.25, 0.3) is 17.1 Å². The average Bonchev–Trinajstić information content (AvgIpc) is 2.52. The summed E-state index contributed by atoms with van der Waals surface area (Å²) < 4.78 is 7.42. The highest BCUT2D eigenvalue weighted by Gasteiger charge is 2.07. The number of hydrogen-bond donors (Lipinski definition) is 0. The second-order valence-electron chi connectivity index (χ2n) is 2.82. The lowest BCUT2D eigenvalue weighted by atomic mass is 10.2. The van der Waals surface area contributed by atoms with Gasteiger partial charge in [0.1, 0.15) is 6.26 Å². The van der Waals surface area contributed by atoms with Crippen LogP contribution in [0.2, 0.25) is 0 Å². The summed E-state index contributed by atoms with van der Waals surface area (Å²) in [5.41, 5.74) is 1.15. The Morgan fingerprint density at radius 3 is 3.17 bits per heavy atom. The quantitative estimate of drug-likeness (QED) is 0.573. The number of benzene rings is 1. The normalized spacial score (nSPS) is 13.3. The van der Waals surface area contributed by atoms with E-state index in [0.717, 1.165) is 11.3 Å². The zero-order valence-electron chi connectivity index (χ0n) is 6.40. The van der Waals surface area contributed by atoms with E-state index < -0.39 is 0 Å². The third-order valence-electron chi connectivity index (χ3n) is 2.12. The highest BCUT2D eigenvalue weighted by molar-refractivity contribution is 5.88. The van der Waals surface area contributed by atoms with Crippen molar-refractivity contribution in [2.75, 3.05) is 0 Å². The van der Waals surface area contributed by atoms with Gasteiger partial charge in [-0.05, 0) is 12.1 Å². The largest absolute Gasteiger partial charge is 0.461 e. The maximum atomic E-state index is 5.35. The standard InChI is InChI=1S/C10H7NO/c1-2-8-4-5-11-6-7-12-9(3-1)10(8)11/h1-7H. The molecule has 0 atom stereocenters. The lowest BCUT2D eigenvalue weighted by Gasteiger charge is -2.09. The molecular formula is C10H7NO. The van der Waals surface area contributed by atoms with Crippen LogP contribution in [0.15, 0.2) is 36.7 Å². The Morgan fingerprint density at radius 1 is 1.17 bits per heavy atom. The zero-order valence-corrected chi connectivity index (χ0v) is 6.40. The molecule has 0 amide bonds. The first-order chi connectivity index (χ1) is 5.95. The van der Waals surface area contributed by atoms with Crippen LogP contribution in [0.5, 0.6) is 5.75 Å². The molecule has 0 saturated heterocycles. The fourth-order valence-corrected chi connectivity index (χ4v) is 1.57. The van der Waals surface area contributed by atoms with E-state index in [1.165, 1.54) is 5.39 Å². The molecule has 0 unspecified atom stereocenters. The van der Waals surface area contributed by atoms with Crippen LogP contribution < -0.4 is 4.74 Å². The molecule has 58 valence electrons. The molecule has 1 aromatic carbocycles. The van der Waals surface area contributed by atoms with Gasteiger partial charge in [-0.3, -0.25) is 0 Å². The molecular weight excluding hydrogens is 150 g/mol. The fraction of sp³-hybridized carbons (Fsp3) is 0. The van der Waals surface area contributed by atoms with Crippen molar-refractivity contribution >= 4 is 17.1 Å². The van der Waals surface area contributed by atoms with Crippen LogP contribution in [0.3, 0.4) is 0 Å². The summed E-state index contributed by atoms with van der Waals surface area (Å²) >= 11 is 0. The van der Waals surface area contributed by atoms with E-state index in [9.17, 15) is 0 Å². The van der Waals surface area contributed by atoms with E-state index in [1.807, 2.05) is 24.5 Å². The van der Waals surface area contributed by atoms with Crippen molar-refractivity contribution in [3.8, 4) is 5.75 Å². The lowest BCUT2D eigenvalue weighted by molar-refractivity contribution is 0.481. The van der Waals surface area contributed by atoms with E-state index in [-0.39, 0.29) is 0 Å². The molecule has 0 spiro atoms.